The van der Waals surface area contributed by atoms with Crippen LogP contribution in [0.3, 0.4) is 0 Å². The van der Waals surface area contributed by atoms with Crippen LogP contribution in [0.2, 0.25) is 0 Å². The highest BCUT2D eigenvalue weighted by Crippen LogP contribution is 2.28. The first kappa shape index (κ1) is 15.6. The second kappa shape index (κ2) is 7.26. The third-order valence-corrected chi connectivity index (χ3v) is 4.15. The molecule has 1 aliphatic rings. The molecule has 0 spiro atoms. The molecule has 0 saturated carbocycles. The van der Waals surface area contributed by atoms with Crippen molar-refractivity contribution in [1.82, 2.24) is 0 Å². The molecule has 108 valence electrons. The first-order valence-electron chi connectivity index (χ1n) is 7.01. The van der Waals surface area contributed by atoms with E-state index in [9.17, 15) is 8.78 Å². The van der Waals surface area contributed by atoms with E-state index in [0.29, 0.717) is 5.69 Å². The standard InChI is InChI=1S/C16H18F2IN/c1-2-3-12-5-8-20(9-6-12)13-10-15(17)14(4-7-19)16(18)11-13/h10-12H,2-3,5-6,8-9H2,1H3. The molecule has 2 rings (SSSR count). The van der Waals surface area contributed by atoms with Gasteiger partial charge in [-0.05, 0) is 40.7 Å². The summed E-state index contributed by atoms with van der Waals surface area (Å²) in [6, 6.07) is 2.80. The summed E-state index contributed by atoms with van der Waals surface area (Å²) in [6.45, 7) is 3.95. The van der Waals surface area contributed by atoms with Gasteiger partial charge in [0.2, 0.25) is 0 Å². The van der Waals surface area contributed by atoms with E-state index in [-0.39, 0.29) is 5.56 Å². The quantitative estimate of drug-likeness (QED) is 0.534. The van der Waals surface area contributed by atoms with Crippen molar-refractivity contribution in [2.75, 3.05) is 18.0 Å². The highest BCUT2D eigenvalue weighted by atomic mass is 127. The van der Waals surface area contributed by atoms with Gasteiger partial charge in [0.15, 0.2) is 0 Å². The third kappa shape index (κ3) is 3.63. The van der Waals surface area contributed by atoms with Crippen molar-refractivity contribution in [1.29, 1.82) is 0 Å². The Bertz CT molecular complexity index is 502. The smallest absolute Gasteiger partial charge is 0.143 e. The lowest BCUT2D eigenvalue weighted by Crippen LogP contribution is -2.33. The molecule has 0 N–H and O–H groups in total. The zero-order valence-corrected chi connectivity index (χ0v) is 13.7. The Kier molecular flexibility index (Phi) is 5.64. The SMILES string of the molecule is CCCC1CCN(c2cc(F)c(C#CI)c(F)c2)CC1. The lowest BCUT2D eigenvalue weighted by Gasteiger charge is -2.33. The topological polar surface area (TPSA) is 3.24 Å². The Hall–Kier alpha value is -0.830. The second-order valence-corrected chi connectivity index (χ2v) is 5.76. The van der Waals surface area contributed by atoms with Crippen molar-refractivity contribution in [3.8, 4) is 9.85 Å². The fourth-order valence-electron chi connectivity index (χ4n) is 2.80. The summed E-state index contributed by atoms with van der Waals surface area (Å²) in [5.41, 5.74) is 0.498. The van der Waals surface area contributed by atoms with E-state index in [1.165, 1.54) is 25.0 Å². The minimum atomic E-state index is -0.570. The zero-order chi connectivity index (χ0) is 14.5. The van der Waals surface area contributed by atoms with Gasteiger partial charge in [-0.15, -0.1) is 0 Å². The van der Waals surface area contributed by atoms with E-state index in [1.807, 2.05) is 0 Å². The minimum absolute atomic E-state index is 0.135. The summed E-state index contributed by atoms with van der Waals surface area (Å²) < 4.78 is 30.3. The Morgan fingerprint density at radius 3 is 2.35 bits per heavy atom. The van der Waals surface area contributed by atoms with E-state index < -0.39 is 11.6 Å². The minimum Gasteiger partial charge on any atom is -0.371 e. The number of anilines is 1. The predicted molar refractivity (Wildman–Crippen MR) is 87.1 cm³/mol. The lowest BCUT2D eigenvalue weighted by molar-refractivity contribution is 0.378. The van der Waals surface area contributed by atoms with Crippen LogP contribution in [0.4, 0.5) is 14.5 Å². The summed E-state index contributed by atoms with van der Waals surface area (Å²) in [5, 5.41) is 0. The number of halogens is 3. The molecule has 1 aromatic rings. The molecule has 0 bridgehead atoms. The summed E-state index contributed by atoms with van der Waals surface area (Å²) in [7, 11) is 0. The molecule has 1 heterocycles. The van der Waals surface area contributed by atoms with Crippen LogP contribution in [0.25, 0.3) is 0 Å². The van der Waals surface area contributed by atoms with Gasteiger partial charge in [-0.25, -0.2) is 8.78 Å². The molecule has 0 atom stereocenters. The van der Waals surface area contributed by atoms with E-state index >= 15 is 0 Å². The third-order valence-electron chi connectivity index (χ3n) is 3.88. The summed E-state index contributed by atoms with van der Waals surface area (Å²) in [6.07, 6.45) is 4.66. The van der Waals surface area contributed by atoms with Crippen molar-refractivity contribution >= 4 is 28.3 Å². The molecule has 1 nitrogen and oxygen atoms in total. The first-order chi connectivity index (χ1) is 9.65. The van der Waals surface area contributed by atoms with Crippen molar-refractivity contribution < 1.29 is 8.78 Å². The largest absolute Gasteiger partial charge is 0.371 e. The maximum Gasteiger partial charge on any atom is 0.143 e. The van der Waals surface area contributed by atoms with Crippen LogP contribution in [0.5, 0.6) is 0 Å². The molecule has 4 heteroatoms. The Labute approximate surface area is 132 Å². The van der Waals surface area contributed by atoms with Crippen LogP contribution in [0, 0.1) is 27.4 Å². The molecule has 0 aliphatic carbocycles. The van der Waals surface area contributed by atoms with Gasteiger partial charge in [0, 0.05) is 41.4 Å². The first-order valence-corrected chi connectivity index (χ1v) is 8.09. The monoisotopic (exact) mass is 389 g/mol. The molecule has 20 heavy (non-hydrogen) atoms. The summed E-state index contributed by atoms with van der Waals surface area (Å²) >= 11 is 1.78. The van der Waals surface area contributed by atoms with Crippen LogP contribution in [-0.2, 0) is 0 Å². The zero-order valence-electron chi connectivity index (χ0n) is 11.6. The molecule has 0 unspecified atom stereocenters. The lowest BCUT2D eigenvalue weighted by atomic mass is 9.92. The summed E-state index contributed by atoms with van der Waals surface area (Å²) in [5.74, 6) is 2.09. The number of hydrogen-bond donors (Lipinski definition) is 0. The average molecular weight is 389 g/mol. The number of benzene rings is 1. The fourth-order valence-corrected chi connectivity index (χ4v) is 3.07. The van der Waals surface area contributed by atoms with Gasteiger partial charge < -0.3 is 4.90 Å². The number of piperidine rings is 1. The molecule has 1 aromatic carbocycles. The molecule has 0 radical (unpaired) electrons. The normalized spacial score (nSPS) is 15.9. The van der Waals surface area contributed by atoms with Crippen molar-refractivity contribution in [2.45, 2.75) is 32.6 Å². The number of hydrogen-bond acceptors (Lipinski definition) is 1. The highest BCUT2D eigenvalue weighted by molar-refractivity contribution is 14.1. The number of nitrogens with zero attached hydrogens (tertiary/aromatic N) is 1. The van der Waals surface area contributed by atoms with Crippen molar-refractivity contribution in [3.05, 3.63) is 29.3 Å². The molecule has 1 fully saturated rings. The molecule has 0 amide bonds. The van der Waals surface area contributed by atoms with Crippen LogP contribution < -0.4 is 4.90 Å². The number of rotatable bonds is 3. The molecule has 1 aliphatic heterocycles. The van der Waals surface area contributed by atoms with Crippen molar-refractivity contribution in [2.24, 2.45) is 5.92 Å². The molecular formula is C16H18F2IN. The van der Waals surface area contributed by atoms with Gasteiger partial charge in [0.05, 0.1) is 5.56 Å². The van der Waals surface area contributed by atoms with Gasteiger partial charge in [-0.3, -0.25) is 0 Å². The van der Waals surface area contributed by atoms with Crippen LogP contribution >= 0.6 is 22.6 Å². The van der Waals surface area contributed by atoms with Gasteiger partial charge in [-0.2, -0.15) is 0 Å². The fraction of sp³-hybridized carbons (Fsp3) is 0.500. The summed E-state index contributed by atoms with van der Waals surface area (Å²) in [4.78, 5) is 2.07. The molecule has 0 aromatic heterocycles. The Balaban J connectivity index is 2.12. The van der Waals surface area contributed by atoms with Crippen LogP contribution in [0.1, 0.15) is 38.2 Å². The second-order valence-electron chi connectivity index (χ2n) is 5.22. The van der Waals surface area contributed by atoms with Gasteiger partial charge in [-0.1, -0.05) is 19.8 Å². The van der Waals surface area contributed by atoms with E-state index in [0.717, 1.165) is 31.8 Å². The van der Waals surface area contributed by atoms with Crippen LogP contribution in [0.15, 0.2) is 12.1 Å². The van der Waals surface area contributed by atoms with Crippen LogP contribution in [-0.4, -0.2) is 13.1 Å². The highest BCUT2D eigenvalue weighted by Gasteiger charge is 2.20. The molecule has 1 saturated heterocycles. The Morgan fingerprint density at radius 2 is 1.85 bits per heavy atom. The maximum absolute atomic E-state index is 13.9. The maximum atomic E-state index is 13.9. The molecular weight excluding hydrogens is 371 g/mol. The van der Waals surface area contributed by atoms with Gasteiger partial charge in [0.1, 0.15) is 11.6 Å². The van der Waals surface area contributed by atoms with E-state index in [4.69, 9.17) is 0 Å². The van der Waals surface area contributed by atoms with Crippen molar-refractivity contribution in [3.63, 3.8) is 0 Å². The predicted octanol–water partition coefficient (Wildman–Crippen LogP) is 4.73. The Morgan fingerprint density at radius 1 is 1.25 bits per heavy atom. The van der Waals surface area contributed by atoms with E-state index in [1.54, 1.807) is 22.6 Å². The van der Waals surface area contributed by atoms with Gasteiger partial charge in [0.25, 0.3) is 0 Å². The van der Waals surface area contributed by atoms with Gasteiger partial charge >= 0.3 is 0 Å². The average Bonchev–Trinajstić information content (AvgIpc) is 2.44. The van der Waals surface area contributed by atoms with E-state index in [2.05, 4.69) is 21.7 Å².